The molecule has 0 N–H and O–H groups in total. The average molecular weight is 323 g/mol. The lowest BCUT2D eigenvalue weighted by Crippen LogP contribution is -2.36. The lowest BCUT2D eigenvalue weighted by atomic mass is 10.00. The van der Waals surface area contributed by atoms with Crippen LogP contribution < -0.4 is 0 Å². The molecule has 3 atom stereocenters. The molecular weight excluding hydrogens is 298 g/mol. The zero-order chi connectivity index (χ0) is 16.5. The Bertz CT molecular complexity index is 730. The van der Waals surface area contributed by atoms with Gasteiger partial charge in [-0.2, -0.15) is 0 Å². The number of carbonyl (C=O) groups is 1. The second kappa shape index (κ2) is 6.56. The number of carbonyl (C=O) groups excluding carboxylic acids is 1. The van der Waals surface area contributed by atoms with Gasteiger partial charge in [0.25, 0.3) is 0 Å². The van der Waals surface area contributed by atoms with Gasteiger partial charge in [-0.25, -0.2) is 0 Å². The summed E-state index contributed by atoms with van der Waals surface area (Å²) in [7, 11) is 0. The van der Waals surface area contributed by atoms with Crippen molar-refractivity contribution in [1.29, 1.82) is 0 Å². The van der Waals surface area contributed by atoms with Crippen molar-refractivity contribution in [3.05, 3.63) is 48.0 Å². The molecule has 1 aliphatic carbocycles. The van der Waals surface area contributed by atoms with Crippen LogP contribution in [-0.2, 0) is 9.53 Å². The summed E-state index contributed by atoms with van der Waals surface area (Å²) in [6.45, 7) is 5.39. The van der Waals surface area contributed by atoms with Crippen LogP contribution in [0.4, 0.5) is 0 Å². The predicted octanol–water partition coefficient (Wildman–Crippen LogP) is 3.83. The number of nitrogens with zero attached hydrogens (tertiary/aromatic N) is 1. The van der Waals surface area contributed by atoms with Crippen LogP contribution in [0.15, 0.2) is 42.5 Å². The average Bonchev–Trinajstić information content (AvgIpc) is 3.25. The van der Waals surface area contributed by atoms with Crippen molar-refractivity contribution >= 4 is 16.7 Å². The summed E-state index contributed by atoms with van der Waals surface area (Å²) in [4.78, 5) is 15.0. The first-order chi connectivity index (χ1) is 11.8. The number of ether oxygens (including phenoxy) is 1. The third-order valence-corrected chi connectivity index (χ3v) is 5.53. The van der Waals surface area contributed by atoms with Gasteiger partial charge in [-0.05, 0) is 42.0 Å². The van der Waals surface area contributed by atoms with Crippen LogP contribution >= 0.6 is 0 Å². The zero-order valence-corrected chi connectivity index (χ0v) is 14.3. The molecule has 4 rings (SSSR count). The van der Waals surface area contributed by atoms with Gasteiger partial charge < -0.3 is 9.64 Å². The van der Waals surface area contributed by atoms with Crippen LogP contribution in [0.1, 0.15) is 31.2 Å². The normalized spacial score (nSPS) is 25.8. The standard InChI is InChI=1S/C21H25NO2/c1-2-22(13-15-10-11-24-14-15)21(23)20-12-19(20)18-9-5-7-16-6-3-4-8-17(16)18/h3-9,15,19-20H,2,10-14H2,1H3/t15-,19-,20+/m0/s1. The number of rotatable bonds is 5. The van der Waals surface area contributed by atoms with Crippen molar-refractivity contribution in [3.63, 3.8) is 0 Å². The van der Waals surface area contributed by atoms with Crippen LogP contribution in [0.25, 0.3) is 10.8 Å². The maximum atomic E-state index is 12.9. The second-order valence-corrected chi connectivity index (χ2v) is 7.12. The molecule has 0 aromatic heterocycles. The Morgan fingerprint density at radius 3 is 2.83 bits per heavy atom. The zero-order valence-electron chi connectivity index (χ0n) is 14.3. The minimum absolute atomic E-state index is 0.165. The van der Waals surface area contributed by atoms with Crippen LogP contribution in [0, 0.1) is 11.8 Å². The van der Waals surface area contributed by atoms with Crippen molar-refractivity contribution in [2.24, 2.45) is 11.8 Å². The highest BCUT2D eigenvalue weighted by molar-refractivity contribution is 5.89. The van der Waals surface area contributed by atoms with Gasteiger partial charge in [-0.3, -0.25) is 4.79 Å². The van der Waals surface area contributed by atoms with E-state index in [-0.39, 0.29) is 5.92 Å². The summed E-state index contributed by atoms with van der Waals surface area (Å²) >= 11 is 0. The smallest absolute Gasteiger partial charge is 0.226 e. The molecule has 2 aliphatic rings. The van der Waals surface area contributed by atoms with Gasteiger partial charge in [-0.15, -0.1) is 0 Å². The van der Waals surface area contributed by atoms with E-state index >= 15 is 0 Å². The quantitative estimate of drug-likeness (QED) is 0.837. The van der Waals surface area contributed by atoms with E-state index in [0.717, 1.165) is 39.1 Å². The second-order valence-electron chi connectivity index (χ2n) is 7.12. The summed E-state index contributed by atoms with van der Waals surface area (Å²) < 4.78 is 5.46. The minimum Gasteiger partial charge on any atom is -0.381 e. The fraction of sp³-hybridized carbons (Fsp3) is 0.476. The predicted molar refractivity (Wildman–Crippen MR) is 96.0 cm³/mol. The van der Waals surface area contributed by atoms with Crippen molar-refractivity contribution in [3.8, 4) is 0 Å². The van der Waals surface area contributed by atoms with Crippen molar-refractivity contribution in [2.75, 3.05) is 26.3 Å². The molecule has 2 aromatic carbocycles. The Kier molecular flexibility index (Phi) is 4.28. The van der Waals surface area contributed by atoms with Crippen LogP contribution in [0.5, 0.6) is 0 Å². The molecular formula is C21H25NO2. The summed E-state index contributed by atoms with van der Waals surface area (Å²) in [5.74, 6) is 1.40. The molecule has 0 unspecified atom stereocenters. The summed E-state index contributed by atoms with van der Waals surface area (Å²) in [5, 5.41) is 2.57. The fourth-order valence-corrected chi connectivity index (χ4v) is 4.03. The molecule has 1 aliphatic heterocycles. The highest BCUT2D eigenvalue weighted by Crippen LogP contribution is 2.50. The first-order valence-corrected chi connectivity index (χ1v) is 9.12. The molecule has 0 spiro atoms. The lowest BCUT2D eigenvalue weighted by molar-refractivity contribution is -0.133. The Morgan fingerprint density at radius 1 is 1.21 bits per heavy atom. The molecule has 2 fully saturated rings. The van der Waals surface area contributed by atoms with E-state index in [2.05, 4.69) is 54.3 Å². The molecule has 0 radical (unpaired) electrons. The maximum Gasteiger partial charge on any atom is 0.226 e. The molecule has 3 heteroatoms. The van der Waals surface area contributed by atoms with Crippen molar-refractivity contribution < 1.29 is 9.53 Å². The van der Waals surface area contributed by atoms with E-state index < -0.39 is 0 Å². The number of hydrogen-bond acceptors (Lipinski definition) is 2. The number of fused-ring (bicyclic) bond motifs is 1. The van der Waals surface area contributed by atoms with Gasteiger partial charge in [-0.1, -0.05) is 42.5 Å². The summed E-state index contributed by atoms with van der Waals surface area (Å²) in [5.41, 5.74) is 1.34. The Morgan fingerprint density at radius 2 is 2.04 bits per heavy atom. The van der Waals surface area contributed by atoms with E-state index in [9.17, 15) is 4.79 Å². The summed E-state index contributed by atoms with van der Waals surface area (Å²) in [6.07, 6.45) is 2.08. The Balaban J connectivity index is 1.49. The first-order valence-electron chi connectivity index (χ1n) is 9.12. The number of amides is 1. The van der Waals surface area contributed by atoms with Crippen LogP contribution in [0.3, 0.4) is 0 Å². The number of hydrogen-bond donors (Lipinski definition) is 0. The summed E-state index contributed by atoms with van der Waals surface area (Å²) in [6, 6.07) is 14.9. The molecule has 1 saturated carbocycles. The monoisotopic (exact) mass is 323 g/mol. The molecule has 2 aromatic rings. The fourth-order valence-electron chi connectivity index (χ4n) is 4.03. The highest BCUT2D eigenvalue weighted by Gasteiger charge is 2.46. The molecule has 24 heavy (non-hydrogen) atoms. The minimum atomic E-state index is 0.165. The third kappa shape index (κ3) is 2.93. The van der Waals surface area contributed by atoms with Crippen molar-refractivity contribution in [1.82, 2.24) is 4.90 Å². The topological polar surface area (TPSA) is 29.5 Å². The molecule has 1 saturated heterocycles. The highest BCUT2D eigenvalue weighted by atomic mass is 16.5. The largest absolute Gasteiger partial charge is 0.381 e. The molecule has 1 amide bonds. The van der Waals surface area contributed by atoms with Gasteiger partial charge >= 0.3 is 0 Å². The third-order valence-electron chi connectivity index (χ3n) is 5.53. The SMILES string of the molecule is CCN(C[C@@H]1CCOC1)C(=O)[C@@H]1C[C@H]1c1cccc2ccccc12. The van der Waals surface area contributed by atoms with Gasteiger partial charge in [0.05, 0.1) is 6.61 Å². The van der Waals surface area contributed by atoms with E-state index in [1.54, 1.807) is 0 Å². The van der Waals surface area contributed by atoms with Crippen molar-refractivity contribution in [2.45, 2.75) is 25.7 Å². The van der Waals surface area contributed by atoms with E-state index in [1.165, 1.54) is 16.3 Å². The van der Waals surface area contributed by atoms with Gasteiger partial charge in [0, 0.05) is 31.5 Å². The van der Waals surface area contributed by atoms with E-state index in [0.29, 0.717) is 17.7 Å². The Labute approximate surface area is 143 Å². The van der Waals surface area contributed by atoms with Crippen LogP contribution in [0.2, 0.25) is 0 Å². The molecule has 3 nitrogen and oxygen atoms in total. The van der Waals surface area contributed by atoms with Gasteiger partial charge in [0.1, 0.15) is 0 Å². The van der Waals surface area contributed by atoms with Gasteiger partial charge in [0.2, 0.25) is 5.91 Å². The van der Waals surface area contributed by atoms with Crippen LogP contribution in [-0.4, -0.2) is 37.1 Å². The van der Waals surface area contributed by atoms with Gasteiger partial charge in [0.15, 0.2) is 0 Å². The van der Waals surface area contributed by atoms with E-state index in [4.69, 9.17) is 4.74 Å². The molecule has 1 heterocycles. The molecule has 126 valence electrons. The van der Waals surface area contributed by atoms with E-state index in [1.807, 2.05) is 0 Å². The Hall–Kier alpha value is -1.87. The maximum absolute atomic E-state index is 12.9. The lowest BCUT2D eigenvalue weighted by Gasteiger charge is -2.24. The molecule has 0 bridgehead atoms. The first kappa shape index (κ1) is 15.6. The number of benzene rings is 2.